The minimum atomic E-state index is -0.955. The van der Waals surface area contributed by atoms with E-state index in [2.05, 4.69) is 35.9 Å². The molecule has 0 aliphatic heterocycles. The van der Waals surface area contributed by atoms with E-state index in [1.807, 2.05) is 6.07 Å². The van der Waals surface area contributed by atoms with E-state index < -0.39 is 5.97 Å². The molecule has 0 aliphatic carbocycles. The maximum atomic E-state index is 12.1. The Labute approximate surface area is 191 Å². The molecule has 0 aliphatic rings. The second kappa shape index (κ2) is 14.7. The van der Waals surface area contributed by atoms with E-state index in [1.54, 1.807) is 30.3 Å². The van der Waals surface area contributed by atoms with Crippen molar-refractivity contribution >= 4 is 28.3 Å². The molecule has 0 bridgehead atoms. The summed E-state index contributed by atoms with van der Waals surface area (Å²) >= 11 is 0. The first kappa shape index (κ1) is 25.0. The van der Waals surface area contributed by atoms with Crippen molar-refractivity contribution in [3.8, 4) is 23.7 Å². The van der Waals surface area contributed by atoms with Gasteiger partial charge in [-0.15, -0.1) is 0 Å². The van der Waals surface area contributed by atoms with Gasteiger partial charge in [-0.2, -0.15) is 0 Å². The van der Waals surface area contributed by atoms with Crippen LogP contribution in [0.25, 0.3) is 10.8 Å². The van der Waals surface area contributed by atoms with Gasteiger partial charge < -0.3 is 10.4 Å². The SMILES string of the molecule is CCCCCCCCCCC#CC#CCCC(=O)Nc1ccc2cc(C(=O)O)ccc2c1. The Balaban J connectivity index is 1.63. The van der Waals surface area contributed by atoms with Gasteiger partial charge in [-0.25, -0.2) is 4.79 Å². The molecule has 2 rings (SSSR count). The van der Waals surface area contributed by atoms with E-state index in [4.69, 9.17) is 5.11 Å². The van der Waals surface area contributed by atoms with Crippen LogP contribution in [0.15, 0.2) is 36.4 Å². The highest BCUT2D eigenvalue weighted by atomic mass is 16.4. The highest BCUT2D eigenvalue weighted by Crippen LogP contribution is 2.21. The Kier molecular flexibility index (Phi) is 11.5. The molecule has 0 heterocycles. The molecule has 0 unspecified atom stereocenters. The Bertz CT molecular complexity index is 1020. The van der Waals surface area contributed by atoms with E-state index >= 15 is 0 Å². The highest BCUT2D eigenvalue weighted by molar-refractivity contribution is 5.97. The Hall–Kier alpha value is -3.24. The topological polar surface area (TPSA) is 66.4 Å². The van der Waals surface area contributed by atoms with Gasteiger partial charge in [0.2, 0.25) is 5.91 Å². The number of fused-ring (bicyclic) bond motifs is 1. The van der Waals surface area contributed by atoms with Crippen LogP contribution in [0.1, 0.15) is 87.9 Å². The fourth-order valence-corrected chi connectivity index (χ4v) is 3.42. The van der Waals surface area contributed by atoms with Crippen LogP contribution in [0.3, 0.4) is 0 Å². The van der Waals surface area contributed by atoms with Gasteiger partial charge in [0.15, 0.2) is 0 Å². The molecule has 0 spiro atoms. The second-order valence-electron chi connectivity index (χ2n) is 7.96. The van der Waals surface area contributed by atoms with Crippen LogP contribution in [-0.2, 0) is 4.79 Å². The summed E-state index contributed by atoms with van der Waals surface area (Å²) in [6.07, 6.45) is 12.0. The fourth-order valence-electron chi connectivity index (χ4n) is 3.42. The fraction of sp³-hybridized carbons (Fsp3) is 0.429. The molecule has 1 amide bonds. The van der Waals surface area contributed by atoms with Crippen LogP contribution >= 0.6 is 0 Å². The molecule has 0 aromatic heterocycles. The number of rotatable bonds is 12. The summed E-state index contributed by atoms with van der Waals surface area (Å²) in [6.45, 7) is 2.24. The van der Waals surface area contributed by atoms with Gasteiger partial charge in [0, 0.05) is 24.9 Å². The first-order chi connectivity index (χ1) is 15.6. The van der Waals surface area contributed by atoms with E-state index in [9.17, 15) is 9.59 Å². The summed E-state index contributed by atoms with van der Waals surface area (Å²) in [5.41, 5.74) is 0.928. The van der Waals surface area contributed by atoms with Gasteiger partial charge in [-0.05, 0) is 53.3 Å². The quantitative estimate of drug-likeness (QED) is 0.287. The molecule has 0 fully saturated rings. The largest absolute Gasteiger partial charge is 0.478 e. The maximum absolute atomic E-state index is 12.1. The molecule has 4 heteroatoms. The molecule has 2 aromatic carbocycles. The zero-order valence-corrected chi connectivity index (χ0v) is 19.0. The first-order valence-electron chi connectivity index (χ1n) is 11.6. The molecule has 0 atom stereocenters. The van der Waals surface area contributed by atoms with E-state index in [0.717, 1.165) is 23.6 Å². The number of nitrogens with one attached hydrogen (secondary N) is 1. The summed E-state index contributed by atoms with van der Waals surface area (Å²) in [4.78, 5) is 23.2. The zero-order valence-electron chi connectivity index (χ0n) is 19.0. The molecular formula is C28H33NO3. The van der Waals surface area contributed by atoms with Crippen molar-refractivity contribution in [1.82, 2.24) is 0 Å². The Morgan fingerprint density at radius 1 is 0.812 bits per heavy atom. The van der Waals surface area contributed by atoms with Crippen LogP contribution in [0, 0.1) is 23.7 Å². The number of unbranched alkanes of at least 4 members (excludes halogenated alkanes) is 8. The lowest BCUT2D eigenvalue weighted by atomic mass is 10.1. The summed E-state index contributed by atoms with van der Waals surface area (Å²) in [6, 6.07) is 10.3. The summed E-state index contributed by atoms with van der Waals surface area (Å²) < 4.78 is 0. The monoisotopic (exact) mass is 431 g/mol. The van der Waals surface area contributed by atoms with Crippen LogP contribution < -0.4 is 5.32 Å². The third-order valence-corrected chi connectivity index (χ3v) is 5.24. The summed E-state index contributed by atoms with van der Waals surface area (Å²) in [7, 11) is 0. The van der Waals surface area contributed by atoms with Crippen LogP contribution in [0.4, 0.5) is 5.69 Å². The van der Waals surface area contributed by atoms with Crippen LogP contribution in [0.5, 0.6) is 0 Å². The molecule has 0 saturated heterocycles. The van der Waals surface area contributed by atoms with Crippen LogP contribution in [0.2, 0.25) is 0 Å². The third kappa shape index (κ3) is 9.71. The molecule has 2 N–H and O–H groups in total. The first-order valence-corrected chi connectivity index (χ1v) is 11.6. The highest BCUT2D eigenvalue weighted by Gasteiger charge is 2.06. The van der Waals surface area contributed by atoms with Crippen molar-refractivity contribution < 1.29 is 14.7 Å². The van der Waals surface area contributed by atoms with Crippen molar-refractivity contribution in [2.75, 3.05) is 5.32 Å². The van der Waals surface area contributed by atoms with Gasteiger partial charge in [0.25, 0.3) is 0 Å². The molecule has 32 heavy (non-hydrogen) atoms. The number of carboxylic acid groups (broad SMARTS) is 1. The van der Waals surface area contributed by atoms with Crippen molar-refractivity contribution in [3.63, 3.8) is 0 Å². The number of anilines is 1. The Morgan fingerprint density at radius 3 is 2.16 bits per heavy atom. The smallest absolute Gasteiger partial charge is 0.335 e. The van der Waals surface area contributed by atoms with Gasteiger partial charge in [0.1, 0.15) is 0 Å². The standard InChI is InChI=1S/C28H33NO3/c1-2-3-4-5-6-7-8-9-10-11-12-13-14-15-16-27(30)29-26-20-19-23-21-25(28(31)32)18-17-24(23)22-26/h17-22H,2-10,15-16H2,1H3,(H,29,30)(H,31,32). The predicted molar refractivity (Wildman–Crippen MR) is 132 cm³/mol. The zero-order chi connectivity index (χ0) is 23.0. The number of carboxylic acids is 1. The minimum absolute atomic E-state index is 0.104. The molecule has 0 saturated carbocycles. The van der Waals surface area contributed by atoms with Crippen molar-refractivity contribution in [2.45, 2.75) is 77.6 Å². The van der Waals surface area contributed by atoms with Gasteiger partial charge in [-0.3, -0.25) is 4.79 Å². The number of hydrogen-bond acceptors (Lipinski definition) is 2. The van der Waals surface area contributed by atoms with E-state index in [-0.39, 0.29) is 11.5 Å². The number of carbonyl (C=O) groups is 2. The second-order valence-corrected chi connectivity index (χ2v) is 7.96. The number of amides is 1. The lowest BCUT2D eigenvalue weighted by Gasteiger charge is -2.06. The van der Waals surface area contributed by atoms with E-state index in [0.29, 0.717) is 18.5 Å². The van der Waals surface area contributed by atoms with Gasteiger partial charge in [-0.1, -0.05) is 75.8 Å². The Morgan fingerprint density at radius 2 is 1.44 bits per heavy atom. The lowest BCUT2D eigenvalue weighted by Crippen LogP contribution is -2.10. The maximum Gasteiger partial charge on any atom is 0.335 e. The third-order valence-electron chi connectivity index (χ3n) is 5.24. The average molecular weight is 432 g/mol. The molecule has 0 radical (unpaired) electrons. The number of carbonyl (C=O) groups excluding carboxylic acids is 1. The number of hydrogen-bond donors (Lipinski definition) is 2. The predicted octanol–water partition coefficient (Wildman–Crippen LogP) is 6.79. The summed E-state index contributed by atoms with van der Waals surface area (Å²) in [5, 5.41) is 13.6. The number of benzene rings is 2. The molecule has 2 aromatic rings. The normalized spacial score (nSPS) is 10.0. The molecule has 4 nitrogen and oxygen atoms in total. The molecular weight excluding hydrogens is 398 g/mol. The lowest BCUT2D eigenvalue weighted by molar-refractivity contribution is -0.116. The number of aromatic carboxylic acids is 1. The minimum Gasteiger partial charge on any atom is -0.478 e. The summed E-state index contributed by atoms with van der Waals surface area (Å²) in [5.74, 6) is 10.7. The average Bonchev–Trinajstić information content (AvgIpc) is 2.78. The van der Waals surface area contributed by atoms with Crippen molar-refractivity contribution in [1.29, 1.82) is 0 Å². The van der Waals surface area contributed by atoms with Crippen LogP contribution in [-0.4, -0.2) is 17.0 Å². The molecule has 168 valence electrons. The van der Waals surface area contributed by atoms with Gasteiger partial charge >= 0.3 is 5.97 Å². The van der Waals surface area contributed by atoms with Gasteiger partial charge in [0.05, 0.1) is 5.56 Å². The van der Waals surface area contributed by atoms with Crippen molar-refractivity contribution in [3.05, 3.63) is 42.0 Å². The van der Waals surface area contributed by atoms with Crippen molar-refractivity contribution in [2.24, 2.45) is 0 Å². The van der Waals surface area contributed by atoms with E-state index in [1.165, 1.54) is 44.9 Å².